The summed E-state index contributed by atoms with van der Waals surface area (Å²) in [5.41, 5.74) is -0.126. The molecule has 1 N–H and O–H groups in total. The number of carbonyl (C=O) groups is 1. The molecule has 0 spiro atoms. The van der Waals surface area contributed by atoms with Crippen molar-refractivity contribution in [3.8, 4) is 0 Å². The number of hydrogen-bond acceptors (Lipinski definition) is 3. The summed E-state index contributed by atoms with van der Waals surface area (Å²) in [6.07, 6.45) is 1.26. The lowest BCUT2D eigenvalue weighted by Gasteiger charge is -2.04. The summed E-state index contributed by atoms with van der Waals surface area (Å²) in [7, 11) is -3.47. The zero-order valence-corrected chi connectivity index (χ0v) is 9.75. The summed E-state index contributed by atoms with van der Waals surface area (Å²) < 4.78 is 23.2. The normalized spacial score (nSPS) is 11.1. The Morgan fingerprint density at radius 1 is 1.50 bits per heavy atom. The standard InChI is InChI=1S/C10H9ClO4S/c1-2-5-16(14,15)7-3-4-8(10(12)13)9(11)6-7/h2-4,6H,1,5H2,(H,12,13). The summed E-state index contributed by atoms with van der Waals surface area (Å²) in [5, 5.41) is 8.61. The van der Waals surface area contributed by atoms with Gasteiger partial charge in [-0.3, -0.25) is 0 Å². The van der Waals surface area contributed by atoms with Gasteiger partial charge in [0.15, 0.2) is 9.84 Å². The Morgan fingerprint density at radius 2 is 2.12 bits per heavy atom. The summed E-state index contributed by atoms with van der Waals surface area (Å²) in [4.78, 5) is 10.6. The molecule has 1 rings (SSSR count). The van der Waals surface area contributed by atoms with Crippen molar-refractivity contribution in [2.75, 3.05) is 5.75 Å². The molecular weight excluding hydrogens is 252 g/mol. The van der Waals surface area contributed by atoms with E-state index < -0.39 is 15.8 Å². The van der Waals surface area contributed by atoms with E-state index in [0.29, 0.717) is 0 Å². The monoisotopic (exact) mass is 260 g/mol. The average molecular weight is 261 g/mol. The molecule has 86 valence electrons. The first-order chi connectivity index (χ1) is 7.38. The maximum atomic E-state index is 11.6. The Bertz CT molecular complexity index is 534. The largest absolute Gasteiger partial charge is 0.478 e. The third-order valence-corrected chi connectivity index (χ3v) is 3.83. The van der Waals surface area contributed by atoms with Gasteiger partial charge in [0.1, 0.15) is 0 Å². The minimum absolute atomic E-state index is 0.0117. The molecule has 1 aromatic carbocycles. The molecule has 0 unspecified atom stereocenters. The predicted molar refractivity (Wildman–Crippen MR) is 60.7 cm³/mol. The highest BCUT2D eigenvalue weighted by atomic mass is 35.5. The van der Waals surface area contributed by atoms with Gasteiger partial charge in [0, 0.05) is 0 Å². The smallest absolute Gasteiger partial charge is 0.337 e. The zero-order valence-electron chi connectivity index (χ0n) is 8.18. The maximum Gasteiger partial charge on any atom is 0.337 e. The van der Waals surface area contributed by atoms with E-state index in [1.807, 2.05) is 0 Å². The second kappa shape index (κ2) is 4.67. The number of rotatable bonds is 4. The number of carboxylic acids is 1. The molecule has 0 aliphatic heterocycles. The van der Waals surface area contributed by atoms with E-state index in [9.17, 15) is 13.2 Å². The van der Waals surface area contributed by atoms with Crippen molar-refractivity contribution in [1.29, 1.82) is 0 Å². The third-order valence-electron chi connectivity index (χ3n) is 1.87. The Labute approximate surface area is 98.1 Å². The van der Waals surface area contributed by atoms with Gasteiger partial charge in [-0.15, -0.1) is 6.58 Å². The molecule has 0 radical (unpaired) electrons. The topological polar surface area (TPSA) is 71.4 Å². The van der Waals surface area contributed by atoms with Gasteiger partial charge in [-0.05, 0) is 18.2 Å². The van der Waals surface area contributed by atoms with E-state index in [1.165, 1.54) is 18.2 Å². The average Bonchev–Trinajstić information content (AvgIpc) is 2.16. The summed E-state index contributed by atoms with van der Waals surface area (Å²) in [6.45, 7) is 3.33. The fraction of sp³-hybridized carbons (Fsp3) is 0.100. The van der Waals surface area contributed by atoms with Gasteiger partial charge in [0.25, 0.3) is 0 Å². The van der Waals surface area contributed by atoms with Gasteiger partial charge in [0.05, 0.1) is 21.2 Å². The number of benzene rings is 1. The molecule has 0 fully saturated rings. The molecule has 1 aromatic rings. The fourth-order valence-electron chi connectivity index (χ4n) is 1.11. The van der Waals surface area contributed by atoms with Crippen LogP contribution in [0.15, 0.2) is 35.7 Å². The van der Waals surface area contributed by atoms with Crippen LogP contribution in [0.2, 0.25) is 5.02 Å². The number of hydrogen-bond donors (Lipinski definition) is 1. The van der Waals surface area contributed by atoms with E-state index in [-0.39, 0.29) is 21.2 Å². The number of sulfone groups is 1. The SMILES string of the molecule is C=CCS(=O)(=O)c1ccc(C(=O)O)c(Cl)c1. The minimum Gasteiger partial charge on any atom is -0.478 e. The zero-order chi connectivity index (χ0) is 12.3. The van der Waals surface area contributed by atoms with Gasteiger partial charge < -0.3 is 5.11 Å². The summed E-state index contributed by atoms with van der Waals surface area (Å²) >= 11 is 5.66. The van der Waals surface area contributed by atoms with Gasteiger partial charge in [-0.1, -0.05) is 17.7 Å². The second-order valence-electron chi connectivity index (χ2n) is 3.02. The van der Waals surface area contributed by atoms with Crippen molar-refractivity contribution < 1.29 is 18.3 Å². The van der Waals surface area contributed by atoms with Crippen molar-refractivity contribution in [3.05, 3.63) is 41.4 Å². The predicted octanol–water partition coefficient (Wildman–Crippen LogP) is 2.00. The molecule has 0 aromatic heterocycles. The van der Waals surface area contributed by atoms with Crippen molar-refractivity contribution in [2.24, 2.45) is 0 Å². The Hall–Kier alpha value is -1.33. The number of halogens is 1. The van der Waals surface area contributed by atoms with Gasteiger partial charge in [0.2, 0.25) is 0 Å². The molecule has 0 aliphatic carbocycles. The summed E-state index contributed by atoms with van der Waals surface area (Å²) in [5.74, 6) is -1.41. The highest BCUT2D eigenvalue weighted by Gasteiger charge is 2.16. The lowest BCUT2D eigenvalue weighted by molar-refractivity contribution is 0.0697. The fourth-order valence-corrected chi connectivity index (χ4v) is 2.52. The van der Waals surface area contributed by atoms with E-state index in [1.54, 1.807) is 0 Å². The van der Waals surface area contributed by atoms with Crippen LogP contribution >= 0.6 is 11.6 Å². The number of aromatic carboxylic acids is 1. The molecule has 0 aliphatic rings. The molecule has 0 bridgehead atoms. The van der Waals surface area contributed by atoms with E-state index in [0.717, 1.165) is 6.07 Å². The second-order valence-corrected chi connectivity index (χ2v) is 5.46. The van der Waals surface area contributed by atoms with Crippen LogP contribution in [-0.2, 0) is 9.84 Å². The van der Waals surface area contributed by atoms with Crippen LogP contribution in [0.5, 0.6) is 0 Å². The highest BCUT2D eigenvalue weighted by molar-refractivity contribution is 7.91. The first-order valence-electron chi connectivity index (χ1n) is 4.25. The van der Waals surface area contributed by atoms with Crippen LogP contribution < -0.4 is 0 Å². The molecular formula is C10H9ClO4S. The molecule has 0 saturated carbocycles. The van der Waals surface area contributed by atoms with E-state index in [4.69, 9.17) is 16.7 Å². The van der Waals surface area contributed by atoms with Crippen molar-refractivity contribution >= 4 is 27.4 Å². The highest BCUT2D eigenvalue weighted by Crippen LogP contribution is 2.21. The third kappa shape index (κ3) is 2.62. The minimum atomic E-state index is -3.47. The van der Waals surface area contributed by atoms with Crippen LogP contribution in [0.4, 0.5) is 0 Å². The quantitative estimate of drug-likeness (QED) is 0.841. The van der Waals surface area contributed by atoms with Crippen LogP contribution in [0.1, 0.15) is 10.4 Å². The van der Waals surface area contributed by atoms with Gasteiger partial charge in [-0.25, -0.2) is 13.2 Å². The summed E-state index contributed by atoms with van der Waals surface area (Å²) in [6, 6.07) is 3.51. The molecule has 4 nitrogen and oxygen atoms in total. The Morgan fingerprint density at radius 3 is 2.56 bits per heavy atom. The van der Waals surface area contributed by atoms with Crippen molar-refractivity contribution in [2.45, 2.75) is 4.90 Å². The Kier molecular flexibility index (Phi) is 3.72. The molecule has 16 heavy (non-hydrogen) atoms. The first-order valence-corrected chi connectivity index (χ1v) is 6.28. The number of carboxylic acid groups (broad SMARTS) is 1. The first kappa shape index (κ1) is 12.7. The van der Waals surface area contributed by atoms with Crippen molar-refractivity contribution in [1.82, 2.24) is 0 Å². The van der Waals surface area contributed by atoms with Gasteiger partial charge >= 0.3 is 5.97 Å². The van der Waals surface area contributed by atoms with Crippen LogP contribution in [0.25, 0.3) is 0 Å². The molecule has 0 heterocycles. The maximum absolute atomic E-state index is 11.6. The molecule has 0 amide bonds. The Balaban J connectivity index is 3.26. The van der Waals surface area contributed by atoms with Crippen LogP contribution in [-0.4, -0.2) is 25.2 Å². The molecule has 0 atom stereocenters. The van der Waals surface area contributed by atoms with Gasteiger partial charge in [-0.2, -0.15) is 0 Å². The van der Waals surface area contributed by atoms with E-state index >= 15 is 0 Å². The lowest BCUT2D eigenvalue weighted by atomic mass is 10.2. The van der Waals surface area contributed by atoms with Crippen molar-refractivity contribution in [3.63, 3.8) is 0 Å². The van der Waals surface area contributed by atoms with E-state index in [2.05, 4.69) is 6.58 Å². The van der Waals surface area contributed by atoms with Crippen LogP contribution in [0, 0.1) is 0 Å². The lowest BCUT2D eigenvalue weighted by Crippen LogP contribution is -2.06. The van der Waals surface area contributed by atoms with Crippen LogP contribution in [0.3, 0.4) is 0 Å². The molecule has 6 heteroatoms. The molecule has 0 saturated heterocycles.